The van der Waals surface area contributed by atoms with Crippen molar-refractivity contribution in [3.63, 3.8) is 0 Å². The molecule has 182 valence electrons. The Morgan fingerprint density at radius 2 is 1.79 bits per heavy atom. The van der Waals surface area contributed by atoms with Crippen molar-refractivity contribution < 1.29 is 4.79 Å². The first-order chi connectivity index (χ1) is 16.5. The van der Waals surface area contributed by atoms with Crippen LogP contribution in [0.3, 0.4) is 0 Å². The topological polar surface area (TPSA) is 69.3 Å². The Balaban J connectivity index is 1.83. The number of rotatable bonds is 6. The molecule has 34 heavy (non-hydrogen) atoms. The predicted molar refractivity (Wildman–Crippen MR) is 143 cm³/mol. The molecule has 2 saturated heterocycles. The second-order valence-electron chi connectivity index (χ2n) is 9.55. The van der Waals surface area contributed by atoms with Gasteiger partial charge in [-0.3, -0.25) is 19.1 Å². The molecule has 3 aliphatic rings. The third kappa shape index (κ3) is 4.83. The fourth-order valence-corrected chi connectivity index (χ4v) is 6.76. The number of piperidine rings is 1. The van der Waals surface area contributed by atoms with E-state index >= 15 is 0 Å². The van der Waals surface area contributed by atoms with Gasteiger partial charge in [-0.1, -0.05) is 56.6 Å². The first-order valence-electron chi connectivity index (χ1n) is 12.7. The lowest BCUT2D eigenvalue weighted by molar-refractivity contribution is -0.124. The van der Waals surface area contributed by atoms with Crippen molar-refractivity contribution in [2.24, 2.45) is 0 Å². The maximum Gasteiger partial charge on any atom is 0.270 e. The van der Waals surface area contributed by atoms with Gasteiger partial charge in [-0.15, -0.1) is 0 Å². The Morgan fingerprint density at radius 1 is 1.12 bits per heavy atom. The number of anilines is 1. The quantitative estimate of drug-likeness (QED) is 0.389. The normalized spacial score (nSPS) is 20.9. The monoisotopic (exact) mass is 498 g/mol. The van der Waals surface area contributed by atoms with Crippen LogP contribution in [0.2, 0.25) is 0 Å². The molecule has 8 heteroatoms. The lowest BCUT2D eigenvalue weighted by Gasteiger charge is -2.33. The van der Waals surface area contributed by atoms with Gasteiger partial charge in [0.2, 0.25) is 0 Å². The molecule has 0 unspecified atom stereocenters. The largest absolute Gasteiger partial charge is 0.357 e. The smallest absolute Gasteiger partial charge is 0.270 e. The van der Waals surface area contributed by atoms with E-state index in [4.69, 9.17) is 12.2 Å². The first kappa shape index (κ1) is 25.0. The second kappa shape index (κ2) is 11.1. The minimum absolute atomic E-state index is 0.0317. The zero-order valence-corrected chi connectivity index (χ0v) is 21.9. The Kier molecular flexibility index (Phi) is 8.15. The molecule has 6 nitrogen and oxygen atoms in total. The van der Waals surface area contributed by atoms with E-state index in [1.807, 2.05) is 17.9 Å². The van der Waals surface area contributed by atoms with Crippen molar-refractivity contribution >= 4 is 46.1 Å². The molecule has 1 saturated carbocycles. The number of aromatic nitrogens is 1. The van der Waals surface area contributed by atoms with E-state index in [0.717, 1.165) is 75.8 Å². The van der Waals surface area contributed by atoms with Crippen LogP contribution in [0, 0.1) is 18.3 Å². The summed E-state index contributed by atoms with van der Waals surface area (Å²) in [5.74, 6) is 0.827. The van der Waals surface area contributed by atoms with Crippen LogP contribution in [-0.4, -0.2) is 38.8 Å². The number of carbonyl (C=O) groups is 1. The van der Waals surface area contributed by atoms with Crippen molar-refractivity contribution in [1.29, 1.82) is 5.26 Å². The van der Waals surface area contributed by atoms with Crippen LogP contribution in [0.15, 0.2) is 9.70 Å². The number of nitriles is 1. The van der Waals surface area contributed by atoms with Crippen LogP contribution in [0.5, 0.6) is 0 Å². The van der Waals surface area contributed by atoms with Gasteiger partial charge in [0.1, 0.15) is 21.8 Å². The first-order valence-corrected chi connectivity index (χ1v) is 13.9. The van der Waals surface area contributed by atoms with Crippen molar-refractivity contribution in [3.8, 4) is 6.07 Å². The van der Waals surface area contributed by atoms with E-state index in [-0.39, 0.29) is 23.1 Å². The van der Waals surface area contributed by atoms with Gasteiger partial charge in [-0.05, 0) is 57.1 Å². The van der Waals surface area contributed by atoms with E-state index in [1.54, 1.807) is 4.57 Å². The zero-order chi connectivity index (χ0) is 24.2. The van der Waals surface area contributed by atoms with Crippen molar-refractivity contribution in [2.45, 2.75) is 90.6 Å². The van der Waals surface area contributed by atoms with Gasteiger partial charge in [-0.25, -0.2) is 0 Å². The number of hydrogen-bond donors (Lipinski definition) is 0. The molecule has 1 aromatic heterocycles. The molecule has 2 aliphatic heterocycles. The number of unbranched alkanes of at least 4 members (excludes halogenated alkanes) is 1. The SMILES string of the molecule is CCCCn1c(N2CCCCC2)c(/C=C2/SC(=S)N(C3CCCCC3)C2=O)c(C)c(C#N)c1=O. The van der Waals surface area contributed by atoms with Gasteiger partial charge in [0.15, 0.2) is 0 Å². The van der Waals surface area contributed by atoms with Crippen LogP contribution >= 0.6 is 24.0 Å². The third-order valence-corrected chi connectivity index (χ3v) is 8.61. The Labute approximate surface area is 212 Å². The van der Waals surface area contributed by atoms with Gasteiger partial charge in [0, 0.05) is 31.2 Å². The molecule has 0 N–H and O–H groups in total. The highest BCUT2D eigenvalue weighted by Gasteiger charge is 2.38. The molecule has 0 atom stereocenters. The summed E-state index contributed by atoms with van der Waals surface area (Å²) in [6.45, 7) is 6.26. The maximum atomic E-state index is 13.5. The summed E-state index contributed by atoms with van der Waals surface area (Å²) in [4.78, 5) is 31.5. The average molecular weight is 499 g/mol. The zero-order valence-electron chi connectivity index (χ0n) is 20.3. The number of carbonyl (C=O) groups excluding carboxylic acids is 1. The van der Waals surface area contributed by atoms with E-state index < -0.39 is 0 Å². The molecule has 0 bridgehead atoms. The summed E-state index contributed by atoms with van der Waals surface area (Å²) < 4.78 is 2.41. The molecule has 0 aromatic carbocycles. The number of pyridine rings is 1. The number of amides is 1. The van der Waals surface area contributed by atoms with E-state index in [1.165, 1.54) is 24.6 Å². The summed E-state index contributed by atoms with van der Waals surface area (Å²) in [5, 5.41) is 9.84. The fourth-order valence-electron chi connectivity index (χ4n) is 5.38. The molecule has 3 fully saturated rings. The number of hydrogen-bond acceptors (Lipinski definition) is 6. The van der Waals surface area contributed by atoms with Gasteiger partial charge >= 0.3 is 0 Å². The lowest BCUT2D eigenvalue weighted by Crippen LogP contribution is -2.39. The minimum atomic E-state index is -0.221. The molecule has 1 aromatic rings. The molecule has 1 amide bonds. The molecular weight excluding hydrogens is 464 g/mol. The lowest BCUT2D eigenvalue weighted by atomic mass is 9.94. The third-order valence-electron chi connectivity index (χ3n) is 7.28. The molecule has 0 radical (unpaired) electrons. The van der Waals surface area contributed by atoms with E-state index in [2.05, 4.69) is 17.9 Å². The molecule has 0 spiro atoms. The highest BCUT2D eigenvalue weighted by Crippen LogP contribution is 2.39. The van der Waals surface area contributed by atoms with E-state index in [0.29, 0.717) is 21.3 Å². The average Bonchev–Trinajstić information content (AvgIpc) is 3.13. The molecular formula is C26H34N4O2S2. The highest BCUT2D eigenvalue weighted by atomic mass is 32.2. The van der Waals surface area contributed by atoms with Crippen molar-refractivity contribution in [1.82, 2.24) is 9.47 Å². The maximum absolute atomic E-state index is 13.5. The number of nitrogens with zero attached hydrogens (tertiary/aromatic N) is 4. The Morgan fingerprint density at radius 3 is 2.44 bits per heavy atom. The summed E-state index contributed by atoms with van der Waals surface area (Å²) in [5.41, 5.74) is 1.42. The second-order valence-corrected chi connectivity index (χ2v) is 11.2. The van der Waals surface area contributed by atoms with Crippen LogP contribution in [0.1, 0.15) is 87.8 Å². The van der Waals surface area contributed by atoms with Crippen molar-refractivity contribution in [3.05, 3.63) is 31.9 Å². The Hall–Kier alpha value is -2.11. The van der Waals surface area contributed by atoms with Crippen LogP contribution in [0.25, 0.3) is 6.08 Å². The molecule has 3 heterocycles. The summed E-state index contributed by atoms with van der Waals surface area (Å²) in [6, 6.07) is 2.33. The summed E-state index contributed by atoms with van der Waals surface area (Å²) in [6.07, 6.45) is 12.5. The van der Waals surface area contributed by atoms with Crippen LogP contribution in [0.4, 0.5) is 5.82 Å². The summed E-state index contributed by atoms with van der Waals surface area (Å²) >= 11 is 7.00. The highest BCUT2D eigenvalue weighted by molar-refractivity contribution is 8.26. The van der Waals surface area contributed by atoms with Gasteiger partial charge in [0.05, 0.1) is 4.91 Å². The van der Waals surface area contributed by atoms with Crippen LogP contribution in [-0.2, 0) is 11.3 Å². The number of thioether (sulfide) groups is 1. The van der Waals surface area contributed by atoms with Crippen molar-refractivity contribution in [2.75, 3.05) is 18.0 Å². The predicted octanol–water partition coefficient (Wildman–Crippen LogP) is 5.35. The Bertz CT molecular complexity index is 1090. The standard InChI is InChI=1S/C26H34N4O2S2/c1-3-4-15-29-23(28-13-9-6-10-14-28)20(18(2)21(17-27)24(29)31)16-22-25(32)30(26(33)34-22)19-11-7-5-8-12-19/h16,19H,3-15H2,1-2H3/b22-16+. The number of thiocarbonyl (C=S) groups is 1. The van der Waals surface area contributed by atoms with Gasteiger partial charge in [-0.2, -0.15) is 5.26 Å². The van der Waals surface area contributed by atoms with E-state index in [9.17, 15) is 14.9 Å². The minimum Gasteiger partial charge on any atom is -0.357 e. The molecule has 4 rings (SSSR count). The van der Waals surface area contributed by atoms with Crippen LogP contribution < -0.4 is 10.5 Å². The van der Waals surface area contributed by atoms with Gasteiger partial charge < -0.3 is 4.90 Å². The molecule has 1 aliphatic carbocycles. The fraction of sp³-hybridized carbons (Fsp3) is 0.615. The van der Waals surface area contributed by atoms with Gasteiger partial charge in [0.25, 0.3) is 11.5 Å². The summed E-state index contributed by atoms with van der Waals surface area (Å²) in [7, 11) is 0.